The first-order valence-corrected chi connectivity index (χ1v) is 6.74. The van der Waals surface area contributed by atoms with Gasteiger partial charge < -0.3 is 9.64 Å². The molecule has 0 aromatic heterocycles. The molecule has 112 valence electrons. The van der Waals surface area contributed by atoms with Gasteiger partial charge in [-0.25, -0.2) is 0 Å². The van der Waals surface area contributed by atoms with Crippen LogP contribution in [-0.2, 0) is 4.74 Å². The third-order valence-corrected chi connectivity index (χ3v) is 3.55. The quantitative estimate of drug-likeness (QED) is 0.361. The van der Waals surface area contributed by atoms with Gasteiger partial charge in [-0.2, -0.15) is 0 Å². The van der Waals surface area contributed by atoms with Crippen LogP contribution in [0.15, 0.2) is 29.8 Å². The highest BCUT2D eigenvalue weighted by Crippen LogP contribution is 2.27. The molecule has 1 aromatic carbocycles. The molecule has 0 spiro atoms. The van der Waals surface area contributed by atoms with E-state index in [2.05, 4.69) is 11.0 Å². The Kier molecular flexibility index (Phi) is 4.70. The fraction of sp³-hybridized carbons (Fsp3) is 0.400. The lowest BCUT2D eigenvalue weighted by Gasteiger charge is -2.28. The minimum absolute atomic E-state index is 0.140. The Bertz CT molecular complexity index is 595. The highest BCUT2D eigenvalue weighted by atomic mass is 16.6. The number of rotatable bonds is 5. The van der Waals surface area contributed by atoms with Crippen molar-refractivity contribution in [3.63, 3.8) is 0 Å². The summed E-state index contributed by atoms with van der Waals surface area (Å²) in [5, 5.41) is 10.9. The van der Waals surface area contributed by atoms with Crippen LogP contribution in [-0.4, -0.2) is 37.5 Å². The van der Waals surface area contributed by atoms with E-state index in [1.54, 1.807) is 19.2 Å². The molecule has 0 saturated carbocycles. The van der Waals surface area contributed by atoms with Crippen molar-refractivity contribution in [3.8, 4) is 0 Å². The summed E-state index contributed by atoms with van der Waals surface area (Å²) < 4.78 is 5.11. The molecule has 6 heteroatoms. The van der Waals surface area contributed by atoms with Crippen LogP contribution in [0, 0.1) is 10.1 Å². The summed E-state index contributed by atoms with van der Waals surface area (Å²) in [4.78, 5) is 24.1. The normalized spacial score (nSPS) is 14.8. The summed E-state index contributed by atoms with van der Waals surface area (Å²) >= 11 is 0. The van der Waals surface area contributed by atoms with Crippen molar-refractivity contribution in [2.75, 3.05) is 31.7 Å². The lowest BCUT2D eigenvalue weighted by molar-refractivity contribution is -0.385. The number of nitrogens with zero attached hydrogens (tertiary/aromatic N) is 2. The summed E-state index contributed by atoms with van der Waals surface area (Å²) in [5.74, 6) is -0.295. The Morgan fingerprint density at radius 2 is 2.24 bits per heavy atom. The highest BCUT2D eigenvalue weighted by Gasteiger charge is 2.20. The largest absolute Gasteiger partial charge is 0.380 e. The molecule has 0 atom stereocenters. The monoisotopic (exact) mass is 290 g/mol. The third kappa shape index (κ3) is 3.46. The van der Waals surface area contributed by atoms with Crippen molar-refractivity contribution in [3.05, 3.63) is 45.5 Å². The molecule has 0 bridgehead atoms. The van der Waals surface area contributed by atoms with E-state index in [4.69, 9.17) is 4.74 Å². The van der Waals surface area contributed by atoms with Gasteiger partial charge in [-0.05, 0) is 31.1 Å². The van der Waals surface area contributed by atoms with E-state index >= 15 is 0 Å². The van der Waals surface area contributed by atoms with Crippen molar-refractivity contribution in [2.24, 2.45) is 0 Å². The maximum atomic E-state index is 11.6. The fourth-order valence-corrected chi connectivity index (χ4v) is 2.42. The maximum Gasteiger partial charge on any atom is 0.280 e. The van der Waals surface area contributed by atoms with E-state index in [9.17, 15) is 14.9 Å². The predicted molar refractivity (Wildman–Crippen MR) is 79.9 cm³/mol. The number of benzene rings is 1. The molecule has 6 nitrogen and oxygen atoms in total. The van der Waals surface area contributed by atoms with Gasteiger partial charge in [0.1, 0.15) is 0 Å². The number of carbonyl (C=O) groups is 1. The van der Waals surface area contributed by atoms with Crippen LogP contribution in [0.2, 0.25) is 0 Å². The standard InChI is InChI=1S/C15H18N2O4/c1-11(18)14-9-13(3-4-15(14)17(19)20)16-7-5-12(6-8-16)10-21-2/h3-5,9H,6-8,10H2,1-2H3. The van der Waals surface area contributed by atoms with Crippen molar-refractivity contribution in [2.45, 2.75) is 13.3 Å². The van der Waals surface area contributed by atoms with E-state index in [1.807, 2.05) is 0 Å². The second-order valence-electron chi connectivity index (χ2n) is 5.01. The minimum atomic E-state index is -0.521. The summed E-state index contributed by atoms with van der Waals surface area (Å²) in [6.07, 6.45) is 2.99. The second-order valence-corrected chi connectivity index (χ2v) is 5.01. The van der Waals surface area contributed by atoms with Gasteiger partial charge in [0, 0.05) is 32.0 Å². The van der Waals surface area contributed by atoms with Crippen LogP contribution in [0.25, 0.3) is 0 Å². The molecule has 2 rings (SSSR count). The molecule has 0 unspecified atom stereocenters. The van der Waals surface area contributed by atoms with Gasteiger partial charge >= 0.3 is 0 Å². The Balaban J connectivity index is 2.24. The lowest BCUT2D eigenvalue weighted by atomic mass is 10.1. The summed E-state index contributed by atoms with van der Waals surface area (Å²) in [6, 6.07) is 4.70. The first kappa shape index (κ1) is 15.2. The molecule has 21 heavy (non-hydrogen) atoms. The number of ether oxygens (including phenoxy) is 1. The number of hydrogen-bond acceptors (Lipinski definition) is 5. The van der Waals surface area contributed by atoms with E-state index in [1.165, 1.54) is 18.6 Å². The first-order valence-electron chi connectivity index (χ1n) is 6.74. The van der Waals surface area contributed by atoms with Gasteiger partial charge in [-0.1, -0.05) is 6.08 Å². The number of ketones is 1. The van der Waals surface area contributed by atoms with Crippen LogP contribution in [0.1, 0.15) is 23.7 Å². The molecular formula is C15H18N2O4. The topological polar surface area (TPSA) is 72.7 Å². The zero-order valence-corrected chi connectivity index (χ0v) is 12.2. The fourth-order valence-electron chi connectivity index (χ4n) is 2.42. The van der Waals surface area contributed by atoms with Crippen LogP contribution in [0.4, 0.5) is 11.4 Å². The van der Waals surface area contributed by atoms with Crippen molar-refractivity contribution in [1.29, 1.82) is 0 Å². The first-order chi connectivity index (χ1) is 10.0. The highest BCUT2D eigenvalue weighted by molar-refractivity contribution is 5.99. The van der Waals surface area contributed by atoms with E-state index in [0.29, 0.717) is 13.2 Å². The van der Waals surface area contributed by atoms with Crippen LogP contribution < -0.4 is 4.90 Å². The number of methoxy groups -OCH3 is 1. The maximum absolute atomic E-state index is 11.6. The van der Waals surface area contributed by atoms with Gasteiger partial charge in [0.05, 0.1) is 17.1 Å². The van der Waals surface area contributed by atoms with E-state index in [0.717, 1.165) is 18.7 Å². The molecule has 0 N–H and O–H groups in total. The van der Waals surface area contributed by atoms with Crippen LogP contribution >= 0.6 is 0 Å². The number of anilines is 1. The number of Topliss-reactive ketones (excluding diaryl/α,β-unsaturated/α-hetero) is 1. The third-order valence-electron chi connectivity index (χ3n) is 3.55. The van der Waals surface area contributed by atoms with Crippen molar-refractivity contribution in [1.82, 2.24) is 0 Å². The molecule has 1 heterocycles. The molecule has 1 aliphatic heterocycles. The molecule has 0 amide bonds. The molecule has 0 aliphatic carbocycles. The second kappa shape index (κ2) is 6.49. The van der Waals surface area contributed by atoms with E-state index in [-0.39, 0.29) is 17.0 Å². The summed E-state index contributed by atoms with van der Waals surface area (Å²) in [5.41, 5.74) is 2.10. The zero-order valence-electron chi connectivity index (χ0n) is 12.2. The predicted octanol–water partition coefficient (Wildman–Crippen LogP) is 2.58. The van der Waals surface area contributed by atoms with Crippen LogP contribution in [0.3, 0.4) is 0 Å². The van der Waals surface area contributed by atoms with E-state index < -0.39 is 4.92 Å². The van der Waals surface area contributed by atoms with Gasteiger partial charge in [0.25, 0.3) is 5.69 Å². The minimum Gasteiger partial charge on any atom is -0.380 e. The Morgan fingerprint density at radius 1 is 1.48 bits per heavy atom. The molecule has 1 aliphatic rings. The molecular weight excluding hydrogens is 272 g/mol. The van der Waals surface area contributed by atoms with Gasteiger partial charge in [-0.3, -0.25) is 14.9 Å². The molecule has 0 radical (unpaired) electrons. The van der Waals surface area contributed by atoms with Gasteiger partial charge in [0.15, 0.2) is 5.78 Å². The Morgan fingerprint density at radius 3 is 2.76 bits per heavy atom. The van der Waals surface area contributed by atoms with Crippen LogP contribution in [0.5, 0.6) is 0 Å². The Hall–Kier alpha value is -2.21. The number of nitro groups is 1. The number of carbonyl (C=O) groups excluding carboxylic acids is 1. The smallest absolute Gasteiger partial charge is 0.280 e. The molecule has 0 fully saturated rings. The number of nitro benzene ring substituents is 1. The average molecular weight is 290 g/mol. The Labute approximate surface area is 123 Å². The van der Waals surface area contributed by atoms with Crippen molar-refractivity contribution >= 4 is 17.2 Å². The summed E-state index contributed by atoms with van der Waals surface area (Å²) in [6.45, 7) is 3.50. The zero-order chi connectivity index (χ0) is 15.4. The average Bonchev–Trinajstić information content (AvgIpc) is 2.47. The lowest BCUT2D eigenvalue weighted by Crippen LogP contribution is -2.29. The SMILES string of the molecule is COCC1=CCN(c2ccc([N+](=O)[O-])c(C(C)=O)c2)CC1. The van der Waals surface area contributed by atoms with Gasteiger partial charge in [-0.15, -0.1) is 0 Å². The molecule has 0 saturated heterocycles. The number of hydrogen-bond donors (Lipinski definition) is 0. The van der Waals surface area contributed by atoms with Crippen molar-refractivity contribution < 1.29 is 14.5 Å². The van der Waals surface area contributed by atoms with Gasteiger partial charge in [0.2, 0.25) is 0 Å². The molecule has 1 aromatic rings. The summed E-state index contributed by atoms with van der Waals surface area (Å²) in [7, 11) is 1.67.